The summed E-state index contributed by atoms with van der Waals surface area (Å²) in [5.41, 5.74) is 8.59. The molecule has 0 aliphatic rings. The summed E-state index contributed by atoms with van der Waals surface area (Å²) in [5, 5.41) is 5.40. The Morgan fingerprint density at radius 1 is 1.09 bits per heavy atom. The smallest absolute Gasteiger partial charge is 0.326 e. The average Bonchev–Trinajstić information content (AvgIpc) is 2.50. The second-order valence-electron chi connectivity index (χ2n) is 5.88. The van der Waals surface area contributed by atoms with Crippen LogP contribution in [0, 0.1) is 13.8 Å². The van der Waals surface area contributed by atoms with Crippen LogP contribution < -0.4 is 16.4 Å². The van der Waals surface area contributed by atoms with E-state index in [1.165, 1.54) is 25.7 Å². The molecule has 5 nitrogen and oxygen atoms in total. The molecule has 5 heteroatoms. The van der Waals surface area contributed by atoms with Crippen molar-refractivity contribution in [2.75, 3.05) is 11.9 Å². The fraction of sp³-hybridized carbons (Fsp3) is 0.556. The van der Waals surface area contributed by atoms with Gasteiger partial charge in [0.05, 0.1) is 0 Å². The van der Waals surface area contributed by atoms with Crippen molar-refractivity contribution in [3.8, 4) is 0 Å². The van der Waals surface area contributed by atoms with E-state index in [4.69, 9.17) is 5.73 Å². The number of guanidine groups is 1. The summed E-state index contributed by atoms with van der Waals surface area (Å²) in [5.74, 6) is 0.169. The van der Waals surface area contributed by atoms with Crippen LogP contribution in [0.1, 0.15) is 56.6 Å². The first-order chi connectivity index (χ1) is 11.0. The van der Waals surface area contributed by atoms with E-state index in [1.807, 2.05) is 32.0 Å². The molecule has 0 aromatic heterocycles. The van der Waals surface area contributed by atoms with Gasteiger partial charge in [0.15, 0.2) is 5.96 Å². The molecule has 0 bridgehead atoms. The third-order valence-corrected chi connectivity index (χ3v) is 3.76. The number of carbonyl (C=O) groups is 1. The maximum Gasteiger partial charge on any atom is 0.326 e. The summed E-state index contributed by atoms with van der Waals surface area (Å²) in [6, 6.07) is 5.52. The van der Waals surface area contributed by atoms with Gasteiger partial charge in [-0.25, -0.2) is 4.79 Å². The van der Waals surface area contributed by atoms with Crippen LogP contribution in [0.2, 0.25) is 0 Å². The Bertz CT molecular complexity index is 506. The highest BCUT2D eigenvalue weighted by molar-refractivity contribution is 6.02. The van der Waals surface area contributed by atoms with E-state index in [-0.39, 0.29) is 12.0 Å². The number of para-hydroxylation sites is 1. The molecule has 2 amide bonds. The van der Waals surface area contributed by atoms with Crippen LogP contribution in [0.15, 0.2) is 23.2 Å². The first-order valence-corrected chi connectivity index (χ1v) is 8.48. The molecule has 0 aliphatic heterocycles. The molecule has 0 unspecified atom stereocenters. The van der Waals surface area contributed by atoms with Crippen LogP contribution in [0.25, 0.3) is 0 Å². The van der Waals surface area contributed by atoms with Gasteiger partial charge in [0, 0.05) is 12.2 Å². The van der Waals surface area contributed by atoms with Crippen molar-refractivity contribution in [3.05, 3.63) is 29.3 Å². The van der Waals surface area contributed by atoms with Crippen LogP contribution in [0.4, 0.5) is 10.5 Å². The van der Waals surface area contributed by atoms with Crippen LogP contribution in [-0.2, 0) is 0 Å². The second kappa shape index (κ2) is 10.6. The quantitative estimate of drug-likeness (QED) is 0.383. The molecule has 0 aliphatic carbocycles. The van der Waals surface area contributed by atoms with Gasteiger partial charge in [-0.1, -0.05) is 57.2 Å². The molecule has 0 fully saturated rings. The van der Waals surface area contributed by atoms with Gasteiger partial charge in [-0.05, 0) is 31.4 Å². The number of anilines is 1. The van der Waals surface area contributed by atoms with Crippen molar-refractivity contribution in [1.29, 1.82) is 0 Å². The molecule has 128 valence electrons. The molecule has 0 spiro atoms. The average molecular weight is 318 g/mol. The summed E-state index contributed by atoms with van der Waals surface area (Å²) < 4.78 is 0. The number of hydrogen-bond donors (Lipinski definition) is 3. The van der Waals surface area contributed by atoms with Gasteiger partial charge >= 0.3 is 6.03 Å². The minimum absolute atomic E-state index is 0.169. The first-order valence-electron chi connectivity index (χ1n) is 8.48. The predicted octanol–water partition coefficient (Wildman–Crippen LogP) is 4.10. The number of nitrogens with zero attached hydrogens (tertiary/aromatic N) is 1. The Morgan fingerprint density at radius 3 is 2.35 bits per heavy atom. The summed E-state index contributed by atoms with van der Waals surface area (Å²) in [7, 11) is 0. The second-order valence-corrected chi connectivity index (χ2v) is 5.88. The van der Waals surface area contributed by atoms with Gasteiger partial charge in [0.1, 0.15) is 0 Å². The normalized spacial score (nSPS) is 11.3. The Morgan fingerprint density at radius 2 is 1.70 bits per heavy atom. The van der Waals surface area contributed by atoms with Gasteiger partial charge in [0.25, 0.3) is 0 Å². The summed E-state index contributed by atoms with van der Waals surface area (Å²) in [6.45, 7) is 6.78. The minimum Gasteiger partial charge on any atom is -0.370 e. The summed E-state index contributed by atoms with van der Waals surface area (Å²) in [4.78, 5) is 16.1. The lowest BCUT2D eigenvalue weighted by molar-refractivity contribution is 0.256. The topological polar surface area (TPSA) is 79.5 Å². The Hall–Kier alpha value is -2.04. The lowest BCUT2D eigenvalue weighted by Crippen LogP contribution is -2.40. The van der Waals surface area contributed by atoms with E-state index < -0.39 is 0 Å². The number of amides is 2. The lowest BCUT2D eigenvalue weighted by atomic mass is 10.1. The van der Waals surface area contributed by atoms with E-state index in [2.05, 4.69) is 22.5 Å². The molecule has 0 atom stereocenters. The number of hydrogen-bond acceptors (Lipinski definition) is 2. The molecule has 23 heavy (non-hydrogen) atoms. The molecule has 1 aromatic rings. The van der Waals surface area contributed by atoms with E-state index in [9.17, 15) is 4.79 Å². The highest BCUT2D eigenvalue weighted by atomic mass is 16.2. The lowest BCUT2D eigenvalue weighted by Gasteiger charge is -2.12. The van der Waals surface area contributed by atoms with Crippen molar-refractivity contribution in [2.24, 2.45) is 10.7 Å². The van der Waals surface area contributed by atoms with Crippen LogP contribution in [0.5, 0.6) is 0 Å². The fourth-order valence-corrected chi connectivity index (χ4v) is 2.40. The van der Waals surface area contributed by atoms with Gasteiger partial charge < -0.3 is 11.1 Å². The molecule has 0 saturated heterocycles. The molecule has 0 saturated carbocycles. The van der Waals surface area contributed by atoms with Crippen LogP contribution >= 0.6 is 0 Å². The number of carbonyl (C=O) groups excluding carboxylic acids is 1. The molecule has 1 aromatic carbocycles. The van der Waals surface area contributed by atoms with Gasteiger partial charge in [-0.3, -0.25) is 10.3 Å². The van der Waals surface area contributed by atoms with Crippen LogP contribution in [-0.4, -0.2) is 18.5 Å². The standard InChI is InChI=1S/C18H30N4O/c1-4-5-6-7-8-9-13-20-17(19)22-18(23)21-16-14(2)11-10-12-15(16)3/h10-12H,4-9,13H2,1-3H3,(H4,19,20,21,22,23). The third kappa shape index (κ3) is 7.68. The van der Waals surface area contributed by atoms with E-state index >= 15 is 0 Å². The van der Waals surface area contributed by atoms with Crippen molar-refractivity contribution in [1.82, 2.24) is 5.32 Å². The number of urea groups is 1. The summed E-state index contributed by atoms with van der Waals surface area (Å²) >= 11 is 0. The molecular formula is C18H30N4O. The fourth-order valence-electron chi connectivity index (χ4n) is 2.40. The zero-order valence-corrected chi connectivity index (χ0v) is 14.6. The molecule has 0 heterocycles. The monoisotopic (exact) mass is 318 g/mol. The van der Waals surface area contributed by atoms with Crippen molar-refractivity contribution in [2.45, 2.75) is 59.3 Å². The Kier molecular flexibility index (Phi) is 8.80. The van der Waals surface area contributed by atoms with E-state index in [1.54, 1.807) is 0 Å². The predicted molar refractivity (Wildman–Crippen MR) is 97.9 cm³/mol. The van der Waals surface area contributed by atoms with E-state index in [0.717, 1.165) is 29.7 Å². The number of unbranched alkanes of at least 4 members (excludes halogenated alkanes) is 5. The minimum atomic E-state index is -0.355. The van der Waals surface area contributed by atoms with Crippen molar-refractivity contribution < 1.29 is 4.79 Å². The molecule has 0 radical (unpaired) electrons. The molecule has 1 rings (SSSR count). The van der Waals surface area contributed by atoms with Gasteiger partial charge in [-0.2, -0.15) is 0 Å². The maximum absolute atomic E-state index is 12.0. The van der Waals surface area contributed by atoms with Crippen LogP contribution in [0.3, 0.4) is 0 Å². The summed E-state index contributed by atoms with van der Waals surface area (Å²) in [6.07, 6.45) is 7.24. The van der Waals surface area contributed by atoms with Gasteiger partial charge in [0.2, 0.25) is 0 Å². The highest BCUT2D eigenvalue weighted by Crippen LogP contribution is 2.18. The highest BCUT2D eigenvalue weighted by Gasteiger charge is 2.07. The molecular weight excluding hydrogens is 288 g/mol. The number of benzene rings is 1. The number of rotatable bonds is 8. The number of aliphatic imine (C=N–C) groups is 1. The largest absolute Gasteiger partial charge is 0.370 e. The number of aryl methyl sites for hydroxylation is 2. The van der Waals surface area contributed by atoms with E-state index in [0.29, 0.717) is 6.54 Å². The zero-order chi connectivity index (χ0) is 17.1. The zero-order valence-electron chi connectivity index (χ0n) is 14.6. The number of nitrogens with two attached hydrogens (primary N) is 1. The maximum atomic E-state index is 12.0. The third-order valence-electron chi connectivity index (χ3n) is 3.76. The van der Waals surface area contributed by atoms with Gasteiger partial charge in [-0.15, -0.1) is 0 Å². The molecule has 4 N–H and O–H groups in total. The van der Waals surface area contributed by atoms with Crippen molar-refractivity contribution >= 4 is 17.7 Å². The number of nitrogens with one attached hydrogen (secondary N) is 2. The first kappa shape index (κ1) is 19.0. The van der Waals surface area contributed by atoms with Crippen molar-refractivity contribution in [3.63, 3.8) is 0 Å². The Balaban J connectivity index is 2.32. The SMILES string of the molecule is CCCCCCCCN=C(N)NC(=O)Nc1c(C)cccc1C. The Labute approximate surface area is 139 Å².